The average Bonchev–Trinajstić information content (AvgIpc) is 2.71. The Kier molecular flexibility index (Phi) is 5.45. The van der Waals surface area contributed by atoms with Crippen LogP contribution in [-0.4, -0.2) is 30.3 Å². The highest BCUT2D eigenvalue weighted by Gasteiger charge is 2.16. The van der Waals surface area contributed by atoms with Crippen LogP contribution in [0, 0.1) is 0 Å². The zero-order chi connectivity index (χ0) is 11.1. The third-order valence-corrected chi connectivity index (χ3v) is 2.36. The Morgan fingerprint density at radius 1 is 1.47 bits per heavy atom. The second-order valence-corrected chi connectivity index (χ2v) is 3.56. The monoisotopic (exact) mass is 229 g/mol. The van der Waals surface area contributed by atoms with Crippen LogP contribution >= 0.6 is 11.3 Å². The first kappa shape index (κ1) is 12.3. The Morgan fingerprint density at radius 3 is 2.60 bits per heavy atom. The zero-order valence-electron chi connectivity index (χ0n) is 8.93. The topological polar surface area (TPSA) is 48.4 Å². The Morgan fingerprint density at radius 2 is 2.13 bits per heavy atom. The molecule has 0 radical (unpaired) electrons. The second kappa shape index (κ2) is 6.66. The third-order valence-electron chi connectivity index (χ3n) is 1.78. The molecule has 0 unspecified atom stereocenters. The van der Waals surface area contributed by atoms with Gasteiger partial charge in [-0.3, -0.25) is 4.79 Å². The quantitative estimate of drug-likeness (QED) is 0.531. The van der Waals surface area contributed by atoms with Crippen molar-refractivity contribution in [2.45, 2.75) is 26.6 Å². The lowest BCUT2D eigenvalue weighted by Gasteiger charge is -2.15. The molecule has 1 rings (SSSR count). The van der Waals surface area contributed by atoms with E-state index >= 15 is 0 Å². The van der Waals surface area contributed by atoms with Crippen LogP contribution in [0.15, 0.2) is 10.9 Å². The van der Waals surface area contributed by atoms with E-state index in [1.807, 2.05) is 13.8 Å². The van der Waals surface area contributed by atoms with Crippen molar-refractivity contribution in [3.05, 3.63) is 16.6 Å². The minimum atomic E-state index is -0.450. The fourth-order valence-electron chi connectivity index (χ4n) is 1.14. The van der Waals surface area contributed by atoms with Crippen LogP contribution in [0.1, 0.15) is 30.8 Å². The lowest BCUT2D eigenvalue weighted by molar-refractivity contribution is -0.133. The Labute approximate surface area is 93.2 Å². The predicted molar refractivity (Wildman–Crippen MR) is 58.1 cm³/mol. The number of rotatable bonds is 7. The third kappa shape index (κ3) is 4.07. The Balaban J connectivity index is 2.47. The summed E-state index contributed by atoms with van der Waals surface area (Å²) in [4.78, 5) is 15.6. The summed E-state index contributed by atoms with van der Waals surface area (Å²) in [5.74, 6) is -0.0387. The number of nitrogens with zero attached hydrogens (tertiary/aromatic N) is 1. The molecule has 0 aliphatic rings. The number of ketones is 1. The first-order valence-electron chi connectivity index (χ1n) is 4.92. The molecule has 15 heavy (non-hydrogen) atoms. The lowest BCUT2D eigenvalue weighted by Crippen LogP contribution is -2.21. The summed E-state index contributed by atoms with van der Waals surface area (Å²) < 4.78 is 10.6. The van der Waals surface area contributed by atoms with E-state index in [0.29, 0.717) is 18.9 Å². The van der Waals surface area contributed by atoms with Crippen molar-refractivity contribution in [1.82, 2.24) is 4.98 Å². The van der Waals surface area contributed by atoms with Crippen molar-refractivity contribution >= 4 is 17.1 Å². The molecule has 0 aliphatic heterocycles. The van der Waals surface area contributed by atoms with E-state index in [1.165, 1.54) is 11.3 Å². The number of carbonyl (C=O) groups excluding carboxylic acids is 1. The molecule has 0 amide bonds. The molecular formula is C10H15NO3S. The Hall–Kier alpha value is -0.780. The molecule has 1 aromatic heterocycles. The molecular weight excluding hydrogens is 214 g/mol. The van der Waals surface area contributed by atoms with Gasteiger partial charge >= 0.3 is 0 Å². The Bertz CT molecular complexity index is 281. The number of carbonyl (C=O) groups is 1. The minimum absolute atomic E-state index is 0.0387. The van der Waals surface area contributed by atoms with E-state index in [0.717, 1.165) is 0 Å². The van der Waals surface area contributed by atoms with Gasteiger partial charge in [0, 0.05) is 18.6 Å². The van der Waals surface area contributed by atoms with Crippen molar-refractivity contribution < 1.29 is 14.3 Å². The van der Waals surface area contributed by atoms with Gasteiger partial charge in [0.15, 0.2) is 12.1 Å². The van der Waals surface area contributed by atoms with Gasteiger partial charge in [0.25, 0.3) is 0 Å². The van der Waals surface area contributed by atoms with Gasteiger partial charge in [-0.05, 0) is 13.8 Å². The maximum absolute atomic E-state index is 11.7. The van der Waals surface area contributed by atoms with Crippen LogP contribution in [0.2, 0.25) is 0 Å². The van der Waals surface area contributed by atoms with E-state index in [1.54, 1.807) is 10.9 Å². The number of thiazole rings is 1. The van der Waals surface area contributed by atoms with Crippen LogP contribution in [0.4, 0.5) is 0 Å². The predicted octanol–water partition coefficient (Wildman–Crippen LogP) is 2.12. The van der Waals surface area contributed by atoms with E-state index < -0.39 is 6.29 Å². The molecule has 0 spiro atoms. The maximum atomic E-state index is 11.7. The van der Waals surface area contributed by atoms with Gasteiger partial charge in [-0.25, -0.2) is 4.98 Å². The van der Waals surface area contributed by atoms with Gasteiger partial charge in [-0.1, -0.05) is 0 Å². The van der Waals surface area contributed by atoms with E-state index in [4.69, 9.17) is 9.47 Å². The SMILES string of the molecule is CCOC(CC(=O)c1cscn1)OCC. The molecule has 0 saturated heterocycles. The summed E-state index contributed by atoms with van der Waals surface area (Å²) in [6, 6.07) is 0. The minimum Gasteiger partial charge on any atom is -0.352 e. The van der Waals surface area contributed by atoms with Crippen molar-refractivity contribution in [3.8, 4) is 0 Å². The molecule has 5 heteroatoms. The van der Waals surface area contributed by atoms with Crippen molar-refractivity contribution in [3.63, 3.8) is 0 Å². The summed E-state index contributed by atoms with van der Waals surface area (Å²) in [6.45, 7) is 4.82. The highest BCUT2D eigenvalue weighted by atomic mass is 32.1. The van der Waals surface area contributed by atoms with Gasteiger partial charge in [0.05, 0.1) is 11.9 Å². The van der Waals surface area contributed by atoms with Gasteiger partial charge in [-0.2, -0.15) is 0 Å². The molecule has 0 aliphatic carbocycles. The molecule has 0 saturated carbocycles. The van der Waals surface area contributed by atoms with Gasteiger partial charge < -0.3 is 9.47 Å². The normalized spacial score (nSPS) is 10.9. The molecule has 0 aromatic carbocycles. The number of hydrogen-bond acceptors (Lipinski definition) is 5. The lowest BCUT2D eigenvalue weighted by atomic mass is 10.2. The van der Waals surface area contributed by atoms with Crippen molar-refractivity contribution in [1.29, 1.82) is 0 Å². The largest absolute Gasteiger partial charge is 0.352 e. The molecule has 1 aromatic rings. The molecule has 0 bridgehead atoms. The van der Waals surface area contributed by atoms with Crippen molar-refractivity contribution in [2.75, 3.05) is 13.2 Å². The summed E-state index contributed by atoms with van der Waals surface area (Å²) in [7, 11) is 0. The number of ether oxygens (including phenoxy) is 2. The fourth-order valence-corrected chi connectivity index (χ4v) is 1.70. The number of Topliss-reactive ketones (excluding diaryl/α,β-unsaturated/α-hetero) is 1. The maximum Gasteiger partial charge on any atom is 0.187 e. The zero-order valence-corrected chi connectivity index (χ0v) is 9.75. The summed E-state index contributed by atoms with van der Waals surface area (Å²) in [5, 5.41) is 1.73. The highest BCUT2D eigenvalue weighted by molar-refractivity contribution is 7.07. The summed E-state index contributed by atoms with van der Waals surface area (Å²) >= 11 is 1.41. The van der Waals surface area contributed by atoms with Gasteiger partial charge in [-0.15, -0.1) is 11.3 Å². The molecule has 0 N–H and O–H groups in total. The number of aromatic nitrogens is 1. The number of hydrogen-bond donors (Lipinski definition) is 0. The highest BCUT2D eigenvalue weighted by Crippen LogP contribution is 2.09. The molecule has 0 fully saturated rings. The molecule has 0 atom stereocenters. The molecule has 1 heterocycles. The van der Waals surface area contributed by atoms with E-state index in [-0.39, 0.29) is 12.2 Å². The smallest absolute Gasteiger partial charge is 0.187 e. The molecule has 84 valence electrons. The fraction of sp³-hybridized carbons (Fsp3) is 0.600. The van der Waals surface area contributed by atoms with Crippen LogP contribution in [0.25, 0.3) is 0 Å². The summed E-state index contributed by atoms with van der Waals surface area (Å²) in [6.07, 6.45) is -0.222. The van der Waals surface area contributed by atoms with Crippen molar-refractivity contribution in [2.24, 2.45) is 0 Å². The first-order chi connectivity index (χ1) is 7.27. The molecule has 4 nitrogen and oxygen atoms in total. The van der Waals surface area contributed by atoms with Crippen LogP contribution in [-0.2, 0) is 9.47 Å². The van der Waals surface area contributed by atoms with Gasteiger partial charge in [0.1, 0.15) is 5.69 Å². The standard InChI is InChI=1S/C10H15NO3S/c1-3-13-10(14-4-2)5-9(12)8-6-15-7-11-8/h6-7,10H,3-5H2,1-2H3. The second-order valence-electron chi connectivity index (χ2n) is 2.84. The summed E-state index contributed by atoms with van der Waals surface area (Å²) in [5.41, 5.74) is 2.13. The first-order valence-corrected chi connectivity index (χ1v) is 5.86. The average molecular weight is 229 g/mol. The van der Waals surface area contributed by atoms with Crippen LogP contribution < -0.4 is 0 Å². The van der Waals surface area contributed by atoms with Crippen LogP contribution in [0.5, 0.6) is 0 Å². The van der Waals surface area contributed by atoms with Gasteiger partial charge in [0.2, 0.25) is 0 Å². The van der Waals surface area contributed by atoms with E-state index in [2.05, 4.69) is 4.98 Å². The van der Waals surface area contributed by atoms with E-state index in [9.17, 15) is 4.79 Å². The van der Waals surface area contributed by atoms with Crippen LogP contribution in [0.3, 0.4) is 0 Å².